The van der Waals surface area contributed by atoms with Gasteiger partial charge in [-0.05, 0) is 55.8 Å². The zero-order valence-electron chi connectivity index (χ0n) is 19.7. The molecule has 0 bridgehead atoms. The summed E-state index contributed by atoms with van der Waals surface area (Å²) in [5.74, 6) is -0.0794. The highest BCUT2D eigenvalue weighted by molar-refractivity contribution is 6.07. The summed E-state index contributed by atoms with van der Waals surface area (Å²) < 4.78 is 26.1. The number of hydrogen-bond donors (Lipinski definition) is 2. The van der Waals surface area contributed by atoms with Crippen molar-refractivity contribution >= 4 is 22.8 Å². The van der Waals surface area contributed by atoms with Crippen LogP contribution in [0.25, 0.3) is 22.3 Å². The van der Waals surface area contributed by atoms with Crippen molar-refractivity contribution in [3.8, 4) is 22.8 Å². The zero-order valence-corrected chi connectivity index (χ0v) is 19.7. The number of benzene rings is 2. The summed E-state index contributed by atoms with van der Waals surface area (Å²) in [6.45, 7) is 4.89. The van der Waals surface area contributed by atoms with Crippen molar-refractivity contribution in [2.75, 3.05) is 13.2 Å². The molecule has 0 spiro atoms. The van der Waals surface area contributed by atoms with Gasteiger partial charge in [0, 0.05) is 11.6 Å². The second-order valence-electron chi connectivity index (χ2n) is 8.64. The van der Waals surface area contributed by atoms with Crippen LogP contribution in [0.5, 0.6) is 11.5 Å². The van der Waals surface area contributed by atoms with Gasteiger partial charge in [0.2, 0.25) is 5.91 Å². The first-order valence-electron chi connectivity index (χ1n) is 11.5. The van der Waals surface area contributed by atoms with Crippen LogP contribution in [0, 0.1) is 5.82 Å². The number of nitrogens with one attached hydrogen (secondary N) is 2. The molecule has 0 saturated carbocycles. The molecule has 184 valence electrons. The van der Waals surface area contributed by atoms with E-state index < -0.39 is 11.8 Å². The van der Waals surface area contributed by atoms with Crippen LogP contribution in [0.2, 0.25) is 0 Å². The van der Waals surface area contributed by atoms with E-state index >= 15 is 0 Å². The summed E-state index contributed by atoms with van der Waals surface area (Å²) >= 11 is 0. The van der Waals surface area contributed by atoms with Gasteiger partial charge < -0.3 is 9.47 Å². The average Bonchev–Trinajstić information content (AvgIpc) is 3.32. The van der Waals surface area contributed by atoms with E-state index in [0.29, 0.717) is 52.6 Å². The molecule has 0 fully saturated rings. The molecule has 0 atom stereocenters. The lowest BCUT2D eigenvalue weighted by molar-refractivity contribution is -0.121. The lowest BCUT2D eigenvalue weighted by Crippen LogP contribution is -2.42. The first kappa shape index (κ1) is 23.3. The molecule has 36 heavy (non-hydrogen) atoms. The summed E-state index contributed by atoms with van der Waals surface area (Å²) in [7, 11) is 0. The minimum Gasteiger partial charge on any atom is -0.486 e. The minimum atomic E-state index is -0.517. The topological polar surface area (TPSA) is 107 Å². The van der Waals surface area contributed by atoms with Crippen LogP contribution in [0.1, 0.15) is 35.8 Å². The summed E-state index contributed by atoms with van der Waals surface area (Å²) in [6, 6.07) is 12.7. The molecule has 2 aromatic carbocycles. The molecule has 0 unspecified atom stereocenters. The van der Waals surface area contributed by atoms with Gasteiger partial charge in [0.25, 0.3) is 5.91 Å². The fourth-order valence-corrected chi connectivity index (χ4v) is 3.96. The van der Waals surface area contributed by atoms with Crippen molar-refractivity contribution in [3.63, 3.8) is 0 Å². The molecule has 1 aliphatic rings. The Bertz CT molecular complexity index is 1450. The second kappa shape index (κ2) is 9.65. The standard InChI is InChI=1S/C26H24FN5O4/c1-15(2)32-25-20(14-28-32)19(26(34)31-30-24(33)11-16-3-6-18(27)7-4-16)13-21(29-25)17-5-8-22-23(12-17)36-10-9-35-22/h3-8,12-15H,9-11H2,1-2H3,(H,30,33)(H,31,34). The Morgan fingerprint density at radius 3 is 2.53 bits per heavy atom. The molecule has 9 nitrogen and oxygen atoms in total. The van der Waals surface area contributed by atoms with Crippen LogP contribution in [-0.4, -0.2) is 39.8 Å². The molecule has 1 aliphatic heterocycles. The number of hydrazine groups is 1. The van der Waals surface area contributed by atoms with E-state index in [1.54, 1.807) is 16.9 Å². The van der Waals surface area contributed by atoms with Crippen molar-refractivity contribution in [3.05, 3.63) is 71.7 Å². The van der Waals surface area contributed by atoms with Gasteiger partial charge >= 0.3 is 0 Å². The number of nitrogens with zero attached hydrogens (tertiary/aromatic N) is 3. The van der Waals surface area contributed by atoms with Gasteiger partial charge in [0.15, 0.2) is 17.1 Å². The number of halogens is 1. The third-order valence-electron chi connectivity index (χ3n) is 5.73. The van der Waals surface area contributed by atoms with Crippen molar-refractivity contribution in [2.24, 2.45) is 0 Å². The predicted molar refractivity (Wildman–Crippen MR) is 130 cm³/mol. The van der Waals surface area contributed by atoms with Crippen molar-refractivity contribution in [1.82, 2.24) is 25.6 Å². The lowest BCUT2D eigenvalue weighted by Gasteiger charge is -2.19. The number of rotatable bonds is 5. The van der Waals surface area contributed by atoms with Gasteiger partial charge in [-0.2, -0.15) is 5.10 Å². The van der Waals surface area contributed by atoms with Crippen molar-refractivity contribution in [1.29, 1.82) is 0 Å². The Morgan fingerprint density at radius 1 is 1.03 bits per heavy atom. The van der Waals surface area contributed by atoms with Crippen LogP contribution in [-0.2, 0) is 11.2 Å². The molecular formula is C26H24FN5O4. The maximum atomic E-state index is 13.2. The molecule has 0 aliphatic carbocycles. The Hall–Kier alpha value is -4.47. The zero-order chi connectivity index (χ0) is 25.2. The molecule has 4 aromatic rings. The highest BCUT2D eigenvalue weighted by Crippen LogP contribution is 2.35. The Morgan fingerprint density at radius 2 is 1.78 bits per heavy atom. The van der Waals surface area contributed by atoms with Gasteiger partial charge in [-0.25, -0.2) is 14.1 Å². The monoisotopic (exact) mass is 489 g/mol. The van der Waals surface area contributed by atoms with Gasteiger partial charge in [-0.1, -0.05) is 12.1 Å². The van der Waals surface area contributed by atoms with Crippen LogP contribution in [0.4, 0.5) is 4.39 Å². The second-order valence-corrected chi connectivity index (χ2v) is 8.64. The Labute approximate surface area is 206 Å². The van der Waals surface area contributed by atoms with E-state index in [0.717, 1.165) is 5.56 Å². The van der Waals surface area contributed by atoms with Crippen molar-refractivity contribution in [2.45, 2.75) is 26.3 Å². The number of hydrogen-bond acceptors (Lipinski definition) is 6. The Balaban J connectivity index is 1.44. The largest absolute Gasteiger partial charge is 0.486 e. The maximum absolute atomic E-state index is 13.2. The summed E-state index contributed by atoms with van der Waals surface area (Å²) in [4.78, 5) is 30.3. The molecule has 10 heteroatoms. The van der Waals surface area contributed by atoms with Gasteiger partial charge in [0.1, 0.15) is 19.0 Å². The maximum Gasteiger partial charge on any atom is 0.270 e. The number of fused-ring (bicyclic) bond motifs is 2. The number of ether oxygens (including phenoxy) is 2. The van der Waals surface area contributed by atoms with Gasteiger partial charge in [-0.3, -0.25) is 20.4 Å². The molecule has 2 aromatic heterocycles. The SMILES string of the molecule is CC(C)n1ncc2c(C(=O)NNC(=O)Cc3ccc(F)cc3)cc(-c3ccc4c(c3)OCCO4)nc21. The number of carbonyl (C=O) groups is 2. The van der Waals surface area contributed by atoms with E-state index in [1.165, 1.54) is 24.3 Å². The molecule has 3 heterocycles. The number of carbonyl (C=O) groups excluding carboxylic acids is 2. The first-order valence-corrected chi connectivity index (χ1v) is 11.5. The third kappa shape index (κ3) is 4.70. The fourth-order valence-electron chi connectivity index (χ4n) is 3.96. The smallest absolute Gasteiger partial charge is 0.270 e. The summed E-state index contributed by atoms with van der Waals surface area (Å²) in [5.41, 5.74) is 7.64. The normalized spacial score (nSPS) is 12.6. The van der Waals surface area contributed by atoms with Crippen LogP contribution < -0.4 is 20.3 Å². The number of pyridine rings is 1. The minimum absolute atomic E-state index is 0.0110. The van der Waals surface area contributed by atoms with Crippen molar-refractivity contribution < 1.29 is 23.5 Å². The Kier molecular flexibility index (Phi) is 6.24. The summed E-state index contributed by atoms with van der Waals surface area (Å²) in [5, 5.41) is 4.96. The van der Waals surface area contributed by atoms with E-state index in [2.05, 4.69) is 16.0 Å². The van der Waals surface area contributed by atoms with E-state index in [-0.39, 0.29) is 18.3 Å². The first-order chi connectivity index (χ1) is 17.4. The molecule has 2 N–H and O–H groups in total. The highest BCUT2D eigenvalue weighted by atomic mass is 19.1. The number of amides is 2. The predicted octanol–water partition coefficient (Wildman–Crippen LogP) is 3.59. The highest BCUT2D eigenvalue weighted by Gasteiger charge is 2.20. The summed E-state index contributed by atoms with van der Waals surface area (Å²) in [6.07, 6.45) is 1.57. The molecule has 2 amide bonds. The molecular weight excluding hydrogens is 465 g/mol. The molecule has 0 saturated heterocycles. The molecule has 5 rings (SSSR count). The van der Waals surface area contributed by atoms with Gasteiger partial charge in [0.05, 0.1) is 29.3 Å². The molecule has 0 radical (unpaired) electrons. The van der Waals surface area contributed by atoms with E-state index in [4.69, 9.17) is 14.5 Å². The lowest BCUT2D eigenvalue weighted by atomic mass is 10.1. The van der Waals surface area contributed by atoms with Crippen LogP contribution in [0.3, 0.4) is 0 Å². The van der Waals surface area contributed by atoms with Crippen LogP contribution >= 0.6 is 0 Å². The van der Waals surface area contributed by atoms with E-state index in [1.807, 2.05) is 32.0 Å². The third-order valence-corrected chi connectivity index (χ3v) is 5.73. The van der Waals surface area contributed by atoms with Gasteiger partial charge in [-0.15, -0.1) is 0 Å². The van der Waals surface area contributed by atoms with E-state index in [9.17, 15) is 14.0 Å². The average molecular weight is 490 g/mol. The fraction of sp³-hybridized carbons (Fsp3) is 0.231. The van der Waals surface area contributed by atoms with Crippen LogP contribution in [0.15, 0.2) is 54.7 Å². The number of aromatic nitrogens is 3. The quantitative estimate of drug-likeness (QED) is 0.415.